The second-order valence-corrected chi connectivity index (χ2v) is 4.40. The molecule has 90 valence electrons. The fourth-order valence-corrected chi connectivity index (χ4v) is 1.77. The minimum absolute atomic E-state index is 0.212. The number of hydrogen-bond acceptors (Lipinski definition) is 4. The Morgan fingerprint density at radius 1 is 1.18 bits per heavy atom. The third kappa shape index (κ3) is 1.94. The number of fused-ring (bicyclic) bond motifs is 1. The maximum atomic E-state index is 11.9. The monoisotopic (exact) mass is 235 g/mol. The molecule has 0 spiro atoms. The van der Waals surface area contributed by atoms with Crippen LogP contribution in [0.25, 0.3) is 0 Å². The Morgan fingerprint density at radius 2 is 1.65 bits per heavy atom. The van der Waals surface area contributed by atoms with Gasteiger partial charge in [-0.2, -0.15) is 0 Å². The molecule has 0 aromatic heterocycles. The van der Waals surface area contributed by atoms with Crippen molar-refractivity contribution in [1.29, 1.82) is 0 Å². The van der Waals surface area contributed by atoms with E-state index >= 15 is 0 Å². The molecule has 1 aliphatic rings. The van der Waals surface area contributed by atoms with Gasteiger partial charge in [0.25, 0.3) is 11.8 Å². The first-order valence-electron chi connectivity index (χ1n) is 5.25. The van der Waals surface area contributed by atoms with Crippen LogP contribution in [0.1, 0.15) is 27.6 Å². The molecule has 17 heavy (non-hydrogen) atoms. The highest BCUT2D eigenvalue weighted by Crippen LogP contribution is 2.23. The zero-order valence-electron chi connectivity index (χ0n) is 9.38. The van der Waals surface area contributed by atoms with Gasteiger partial charge in [0.05, 0.1) is 24.3 Å². The molecule has 0 saturated heterocycles. The third-order valence-electron chi connectivity index (χ3n) is 2.72. The number of rotatable bonds is 3. The molecule has 0 fully saturated rings. The Labute approximate surface area is 98.3 Å². The first-order chi connectivity index (χ1) is 7.96. The predicted molar refractivity (Wildman–Crippen MR) is 59.5 cm³/mol. The van der Waals surface area contributed by atoms with Crippen LogP contribution in [0.3, 0.4) is 0 Å². The van der Waals surface area contributed by atoms with Crippen LogP contribution in [0, 0.1) is 0 Å². The minimum atomic E-state index is -1.48. The van der Waals surface area contributed by atoms with Crippen molar-refractivity contribution in [1.82, 2.24) is 4.90 Å². The molecular weight excluding hydrogens is 222 g/mol. The molecule has 5 nitrogen and oxygen atoms in total. The number of nitrogens with zero attached hydrogens (tertiary/aromatic N) is 1. The summed E-state index contributed by atoms with van der Waals surface area (Å²) in [6.45, 7) is 0.646. The maximum Gasteiger partial charge on any atom is 0.261 e. The van der Waals surface area contributed by atoms with Crippen molar-refractivity contribution in [3.8, 4) is 0 Å². The fraction of sp³-hybridized carbons (Fsp3) is 0.333. The molecule has 0 saturated carbocycles. The molecular formula is C12H13NO4. The van der Waals surface area contributed by atoms with Gasteiger partial charge < -0.3 is 10.2 Å². The fourth-order valence-electron chi connectivity index (χ4n) is 1.77. The average molecular weight is 235 g/mol. The number of benzene rings is 1. The second kappa shape index (κ2) is 3.94. The summed E-state index contributed by atoms with van der Waals surface area (Å²) < 4.78 is 0. The number of β-amino-alcohol motifs (C(OH)–C–C–N with tert-alkyl or cyclic N) is 1. The smallest absolute Gasteiger partial charge is 0.261 e. The Kier molecular flexibility index (Phi) is 2.73. The van der Waals surface area contributed by atoms with Gasteiger partial charge in [-0.1, -0.05) is 12.1 Å². The summed E-state index contributed by atoms with van der Waals surface area (Å²) in [5, 5.41) is 18.6. The van der Waals surface area contributed by atoms with Crippen molar-refractivity contribution in [3.63, 3.8) is 0 Å². The lowest BCUT2D eigenvalue weighted by molar-refractivity contribution is -0.0175. The Bertz CT molecular complexity index is 446. The molecule has 1 aromatic rings. The molecule has 5 heteroatoms. The second-order valence-electron chi connectivity index (χ2n) is 4.40. The largest absolute Gasteiger partial charge is 0.393 e. The van der Waals surface area contributed by atoms with Crippen LogP contribution < -0.4 is 0 Å². The first kappa shape index (κ1) is 11.8. The summed E-state index contributed by atoms with van der Waals surface area (Å²) in [5.74, 6) is -0.862. The molecule has 1 atom stereocenters. The number of aliphatic hydroxyl groups excluding tert-OH is 1. The summed E-state index contributed by atoms with van der Waals surface area (Å²) in [5.41, 5.74) is -0.801. The van der Waals surface area contributed by atoms with Gasteiger partial charge in [0.1, 0.15) is 5.60 Å². The normalized spacial score (nSPS) is 18.2. The van der Waals surface area contributed by atoms with E-state index in [2.05, 4.69) is 0 Å². The number of hydrogen-bond donors (Lipinski definition) is 2. The van der Waals surface area contributed by atoms with Crippen molar-refractivity contribution in [2.75, 3.05) is 13.2 Å². The van der Waals surface area contributed by atoms with Gasteiger partial charge in [0.2, 0.25) is 0 Å². The van der Waals surface area contributed by atoms with Gasteiger partial charge in [-0.15, -0.1) is 0 Å². The van der Waals surface area contributed by atoms with Crippen LogP contribution in [-0.2, 0) is 0 Å². The molecule has 0 bridgehead atoms. The van der Waals surface area contributed by atoms with Gasteiger partial charge in [0.15, 0.2) is 0 Å². The average Bonchev–Trinajstić information content (AvgIpc) is 2.55. The Balaban J connectivity index is 2.31. The molecule has 1 aromatic carbocycles. The lowest BCUT2D eigenvalue weighted by Crippen LogP contribution is -2.45. The summed E-state index contributed by atoms with van der Waals surface area (Å²) in [4.78, 5) is 24.8. The minimum Gasteiger partial charge on any atom is -0.393 e. The Morgan fingerprint density at radius 3 is 2.06 bits per heavy atom. The molecule has 0 aliphatic carbocycles. The number of aliphatic hydroxyl groups is 2. The Hall–Kier alpha value is -1.72. The van der Waals surface area contributed by atoms with E-state index in [-0.39, 0.29) is 6.54 Å². The highest BCUT2D eigenvalue weighted by Gasteiger charge is 2.38. The molecule has 2 rings (SSSR count). The van der Waals surface area contributed by atoms with Gasteiger partial charge in [-0.05, 0) is 19.1 Å². The number of imide groups is 1. The van der Waals surface area contributed by atoms with Crippen LogP contribution in [0.15, 0.2) is 24.3 Å². The zero-order valence-corrected chi connectivity index (χ0v) is 9.38. The van der Waals surface area contributed by atoms with Crippen LogP contribution in [0.5, 0.6) is 0 Å². The molecule has 1 heterocycles. The highest BCUT2D eigenvalue weighted by atomic mass is 16.3. The van der Waals surface area contributed by atoms with Crippen LogP contribution >= 0.6 is 0 Å². The number of carbonyl (C=O) groups is 2. The topological polar surface area (TPSA) is 77.8 Å². The van der Waals surface area contributed by atoms with Crippen molar-refractivity contribution in [2.45, 2.75) is 12.5 Å². The van der Waals surface area contributed by atoms with Crippen LogP contribution in [-0.4, -0.2) is 45.7 Å². The van der Waals surface area contributed by atoms with E-state index in [1.807, 2.05) is 0 Å². The van der Waals surface area contributed by atoms with Crippen molar-refractivity contribution >= 4 is 11.8 Å². The summed E-state index contributed by atoms with van der Waals surface area (Å²) in [6, 6.07) is 6.50. The summed E-state index contributed by atoms with van der Waals surface area (Å²) >= 11 is 0. The van der Waals surface area contributed by atoms with Gasteiger partial charge in [0, 0.05) is 0 Å². The molecule has 1 unspecified atom stereocenters. The van der Waals surface area contributed by atoms with E-state index in [4.69, 9.17) is 5.11 Å². The van der Waals surface area contributed by atoms with Crippen LogP contribution in [0.2, 0.25) is 0 Å². The van der Waals surface area contributed by atoms with Gasteiger partial charge in [-0.25, -0.2) is 0 Å². The molecule has 2 amide bonds. The van der Waals surface area contributed by atoms with E-state index in [0.717, 1.165) is 4.90 Å². The molecule has 0 radical (unpaired) electrons. The van der Waals surface area contributed by atoms with Crippen molar-refractivity contribution < 1.29 is 19.8 Å². The quantitative estimate of drug-likeness (QED) is 0.724. The van der Waals surface area contributed by atoms with Crippen LogP contribution in [0.4, 0.5) is 0 Å². The van der Waals surface area contributed by atoms with E-state index in [1.54, 1.807) is 24.3 Å². The number of carbonyl (C=O) groups excluding carboxylic acids is 2. The van der Waals surface area contributed by atoms with Gasteiger partial charge >= 0.3 is 0 Å². The SMILES string of the molecule is CC(O)(CO)CN1C(=O)c2ccccc2C1=O. The van der Waals surface area contributed by atoms with Gasteiger partial charge in [-0.3, -0.25) is 14.5 Å². The lowest BCUT2D eigenvalue weighted by atomic mass is 10.1. The van der Waals surface area contributed by atoms with E-state index in [9.17, 15) is 14.7 Å². The van der Waals surface area contributed by atoms with Crippen molar-refractivity contribution in [3.05, 3.63) is 35.4 Å². The standard InChI is InChI=1S/C12H13NO4/c1-12(17,7-14)6-13-10(15)8-4-2-3-5-9(8)11(13)16/h2-5,14,17H,6-7H2,1H3. The zero-order chi connectivity index (χ0) is 12.6. The predicted octanol–water partition coefficient (Wildman–Crippen LogP) is 0.0259. The van der Waals surface area contributed by atoms with E-state index in [0.29, 0.717) is 11.1 Å². The number of amides is 2. The summed E-state index contributed by atoms with van der Waals surface area (Å²) in [7, 11) is 0. The van der Waals surface area contributed by atoms with E-state index < -0.39 is 24.0 Å². The van der Waals surface area contributed by atoms with Crippen molar-refractivity contribution in [2.24, 2.45) is 0 Å². The molecule has 1 aliphatic heterocycles. The third-order valence-corrected chi connectivity index (χ3v) is 2.72. The highest BCUT2D eigenvalue weighted by molar-refractivity contribution is 6.21. The molecule has 2 N–H and O–H groups in total. The lowest BCUT2D eigenvalue weighted by Gasteiger charge is -2.25. The summed E-state index contributed by atoms with van der Waals surface area (Å²) in [6.07, 6.45) is 0. The first-order valence-corrected chi connectivity index (χ1v) is 5.25. The van der Waals surface area contributed by atoms with E-state index in [1.165, 1.54) is 6.92 Å². The maximum absolute atomic E-state index is 11.9.